The highest BCUT2D eigenvalue weighted by Crippen LogP contribution is 1.96. The Hall–Kier alpha value is -1.06. The van der Waals surface area contributed by atoms with Crippen molar-refractivity contribution < 1.29 is 14.7 Å². The van der Waals surface area contributed by atoms with Gasteiger partial charge in [0.25, 0.3) is 0 Å². The van der Waals surface area contributed by atoms with Gasteiger partial charge in [-0.25, -0.2) is 4.79 Å². The lowest BCUT2D eigenvalue weighted by Crippen LogP contribution is -2.38. The molecule has 0 radical (unpaired) electrons. The van der Waals surface area contributed by atoms with Gasteiger partial charge in [0.1, 0.15) is 6.04 Å². The van der Waals surface area contributed by atoms with Crippen LogP contribution in [0, 0.1) is 0 Å². The van der Waals surface area contributed by atoms with Crippen molar-refractivity contribution in [2.45, 2.75) is 26.3 Å². The summed E-state index contributed by atoms with van der Waals surface area (Å²) in [7, 11) is 0. The minimum Gasteiger partial charge on any atom is -0.480 e. The van der Waals surface area contributed by atoms with Crippen LogP contribution in [0.15, 0.2) is 0 Å². The van der Waals surface area contributed by atoms with E-state index in [0.717, 1.165) is 6.42 Å². The topological polar surface area (TPSA) is 57.6 Å². The van der Waals surface area contributed by atoms with Crippen molar-refractivity contribution in [2.24, 2.45) is 0 Å². The van der Waals surface area contributed by atoms with Crippen LogP contribution in [0.2, 0.25) is 0 Å². The maximum Gasteiger partial charge on any atom is 0.326 e. The summed E-state index contributed by atoms with van der Waals surface area (Å²) in [6, 6.07) is -0.715. The highest BCUT2D eigenvalue weighted by atomic mass is 16.4. The van der Waals surface area contributed by atoms with Gasteiger partial charge in [-0.2, -0.15) is 0 Å². The van der Waals surface area contributed by atoms with E-state index in [1.807, 2.05) is 6.92 Å². The molecule has 0 saturated heterocycles. The van der Waals surface area contributed by atoms with Gasteiger partial charge < -0.3 is 10.0 Å². The van der Waals surface area contributed by atoms with Crippen LogP contribution in [-0.4, -0.2) is 35.0 Å². The molecular formula is C7H13NO3. The predicted molar refractivity (Wildman–Crippen MR) is 40.2 cm³/mol. The molecule has 0 spiro atoms. The second-order valence-electron chi connectivity index (χ2n) is 2.36. The smallest absolute Gasteiger partial charge is 0.326 e. The molecule has 1 unspecified atom stereocenters. The molecule has 0 aromatic carbocycles. The molecule has 0 heterocycles. The molecule has 0 aliphatic carbocycles. The lowest BCUT2D eigenvalue weighted by Gasteiger charge is -2.20. The standard InChI is InChI=1S/C7H13NO3/c1-3-4-8(5-9)6(2)7(10)11/h5-6H,3-4H2,1-2H3,(H,10,11). The van der Waals surface area contributed by atoms with Crippen molar-refractivity contribution in [2.75, 3.05) is 6.54 Å². The zero-order chi connectivity index (χ0) is 8.85. The van der Waals surface area contributed by atoms with Crippen molar-refractivity contribution in [3.8, 4) is 0 Å². The molecule has 0 aliphatic heterocycles. The molecule has 4 nitrogen and oxygen atoms in total. The Morgan fingerprint density at radius 3 is 2.55 bits per heavy atom. The monoisotopic (exact) mass is 159 g/mol. The summed E-state index contributed by atoms with van der Waals surface area (Å²) in [6.07, 6.45) is 1.35. The molecule has 0 aromatic rings. The Balaban J connectivity index is 4.01. The number of hydrogen-bond donors (Lipinski definition) is 1. The molecule has 0 bridgehead atoms. The molecule has 1 atom stereocenters. The van der Waals surface area contributed by atoms with Gasteiger partial charge in [-0.3, -0.25) is 4.79 Å². The molecule has 0 fully saturated rings. The second-order valence-corrected chi connectivity index (χ2v) is 2.36. The Morgan fingerprint density at radius 1 is 1.73 bits per heavy atom. The van der Waals surface area contributed by atoms with Crippen molar-refractivity contribution in [3.05, 3.63) is 0 Å². The van der Waals surface area contributed by atoms with Gasteiger partial charge in [-0.05, 0) is 13.3 Å². The SMILES string of the molecule is CCCN(C=O)C(C)C(=O)O. The molecule has 0 aliphatic rings. The third kappa shape index (κ3) is 3.02. The van der Waals surface area contributed by atoms with E-state index >= 15 is 0 Å². The zero-order valence-corrected chi connectivity index (χ0v) is 6.78. The quantitative estimate of drug-likeness (QED) is 0.588. The number of carbonyl (C=O) groups is 2. The Morgan fingerprint density at radius 2 is 2.27 bits per heavy atom. The van der Waals surface area contributed by atoms with E-state index in [4.69, 9.17) is 5.11 Å². The highest BCUT2D eigenvalue weighted by Gasteiger charge is 2.17. The van der Waals surface area contributed by atoms with Crippen LogP contribution in [0.3, 0.4) is 0 Å². The highest BCUT2D eigenvalue weighted by molar-refractivity contribution is 5.75. The maximum absolute atomic E-state index is 10.4. The van der Waals surface area contributed by atoms with Crippen molar-refractivity contribution in [3.63, 3.8) is 0 Å². The van der Waals surface area contributed by atoms with Crippen molar-refractivity contribution in [1.29, 1.82) is 0 Å². The second kappa shape index (κ2) is 4.71. The summed E-state index contributed by atoms with van der Waals surface area (Å²) in [5.74, 6) is -0.967. The van der Waals surface area contributed by atoms with Gasteiger partial charge in [0, 0.05) is 6.54 Å². The van der Waals surface area contributed by atoms with Gasteiger partial charge in [-0.15, -0.1) is 0 Å². The summed E-state index contributed by atoms with van der Waals surface area (Å²) in [5, 5.41) is 8.51. The van der Waals surface area contributed by atoms with Crippen LogP contribution in [0.25, 0.3) is 0 Å². The van der Waals surface area contributed by atoms with Crippen LogP contribution in [-0.2, 0) is 9.59 Å². The summed E-state index contributed by atoms with van der Waals surface area (Å²) in [5.41, 5.74) is 0. The molecule has 4 heteroatoms. The fourth-order valence-electron chi connectivity index (χ4n) is 0.738. The first-order valence-electron chi connectivity index (χ1n) is 3.57. The van der Waals surface area contributed by atoms with E-state index in [1.165, 1.54) is 11.8 Å². The Labute approximate surface area is 65.8 Å². The number of rotatable bonds is 5. The average Bonchev–Trinajstić information content (AvgIpc) is 1.98. The fraction of sp³-hybridized carbons (Fsp3) is 0.714. The summed E-state index contributed by atoms with van der Waals surface area (Å²) >= 11 is 0. The molecule has 0 rings (SSSR count). The van der Waals surface area contributed by atoms with E-state index in [2.05, 4.69) is 0 Å². The van der Waals surface area contributed by atoms with Crippen LogP contribution in [0.4, 0.5) is 0 Å². The molecule has 1 N–H and O–H groups in total. The normalized spacial score (nSPS) is 12.2. The largest absolute Gasteiger partial charge is 0.480 e. The first kappa shape index (κ1) is 9.94. The molecule has 64 valence electrons. The molecule has 0 saturated carbocycles. The van der Waals surface area contributed by atoms with E-state index in [1.54, 1.807) is 0 Å². The third-order valence-electron chi connectivity index (χ3n) is 1.47. The van der Waals surface area contributed by atoms with E-state index in [9.17, 15) is 9.59 Å². The summed E-state index contributed by atoms with van der Waals surface area (Å²) < 4.78 is 0. The zero-order valence-electron chi connectivity index (χ0n) is 6.78. The molecule has 11 heavy (non-hydrogen) atoms. The van der Waals surface area contributed by atoms with E-state index in [0.29, 0.717) is 13.0 Å². The number of nitrogens with zero attached hydrogens (tertiary/aromatic N) is 1. The number of carboxylic acids is 1. The Kier molecular flexibility index (Phi) is 4.26. The number of hydrogen-bond acceptors (Lipinski definition) is 2. The first-order chi connectivity index (χ1) is 5.13. The van der Waals surface area contributed by atoms with Gasteiger partial charge in [0.2, 0.25) is 6.41 Å². The van der Waals surface area contributed by atoms with Crippen molar-refractivity contribution in [1.82, 2.24) is 4.90 Å². The predicted octanol–water partition coefficient (Wildman–Crippen LogP) is 0.328. The Bertz CT molecular complexity index is 147. The van der Waals surface area contributed by atoms with E-state index in [-0.39, 0.29) is 0 Å². The lowest BCUT2D eigenvalue weighted by molar-refractivity contribution is -0.145. The summed E-state index contributed by atoms with van der Waals surface area (Å²) in [6.45, 7) is 3.88. The van der Waals surface area contributed by atoms with Gasteiger partial charge in [0.05, 0.1) is 0 Å². The van der Waals surface area contributed by atoms with Crippen LogP contribution in [0.1, 0.15) is 20.3 Å². The molecule has 0 aromatic heterocycles. The number of aliphatic carboxylic acids is 1. The first-order valence-corrected chi connectivity index (χ1v) is 3.57. The maximum atomic E-state index is 10.4. The average molecular weight is 159 g/mol. The van der Waals surface area contributed by atoms with Gasteiger partial charge >= 0.3 is 5.97 Å². The molecular weight excluding hydrogens is 146 g/mol. The third-order valence-corrected chi connectivity index (χ3v) is 1.47. The number of carbonyl (C=O) groups excluding carboxylic acids is 1. The van der Waals surface area contributed by atoms with Gasteiger partial charge in [0.15, 0.2) is 0 Å². The molecule has 1 amide bonds. The van der Waals surface area contributed by atoms with Crippen LogP contribution >= 0.6 is 0 Å². The summed E-state index contributed by atoms with van der Waals surface area (Å²) in [4.78, 5) is 21.9. The minimum absolute atomic E-state index is 0.497. The minimum atomic E-state index is -0.967. The fourth-order valence-corrected chi connectivity index (χ4v) is 0.738. The van der Waals surface area contributed by atoms with E-state index < -0.39 is 12.0 Å². The van der Waals surface area contributed by atoms with Crippen molar-refractivity contribution >= 4 is 12.4 Å². The van der Waals surface area contributed by atoms with Gasteiger partial charge in [-0.1, -0.05) is 6.92 Å². The number of amides is 1. The number of carboxylic acid groups (broad SMARTS) is 1. The van der Waals surface area contributed by atoms with Crippen LogP contribution in [0.5, 0.6) is 0 Å². The van der Waals surface area contributed by atoms with Crippen LogP contribution < -0.4 is 0 Å². The lowest BCUT2D eigenvalue weighted by atomic mass is 10.3.